The predicted octanol–water partition coefficient (Wildman–Crippen LogP) is 3.04. The quantitative estimate of drug-likeness (QED) is 0.841. The van der Waals surface area contributed by atoms with Gasteiger partial charge in [-0.3, -0.25) is 4.90 Å². The fourth-order valence-corrected chi connectivity index (χ4v) is 2.51. The van der Waals surface area contributed by atoms with Gasteiger partial charge in [0.25, 0.3) is 0 Å². The van der Waals surface area contributed by atoms with Gasteiger partial charge in [0.15, 0.2) is 0 Å². The van der Waals surface area contributed by atoms with E-state index in [-0.39, 0.29) is 0 Å². The molecule has 1 N–H and O–H groups in total. The number of rotatable bonds is 4. The van der Waals surface area contributed by atoms with E-state index in [2.05, 4.69) is 19.2 Å². The molecule has 0 aromatic carbocycles. The number of nitrogens with one attached hydrogen (secondary N) is 1. The van der Waals surface area contributed by atoms with Gasteiger partial charge in [-0.25, -0.2) is 0 Å². The topological polar surface area (TPSA) is 15.3 Å². The van der Waals surface area contributed by atoms with Crippen LogP contribution in [0.15, 0.2) is 0 Å². The van der Waals surface area contributed by atoms with Crippen molar-refractivity contribution in [3.63, 3.8) is 0 Å². The van der Waals surface area contributed by atoms with Crippen LogP contribution < -0.4 is 5.32 Å². The Hall–Kier alpha value is -0.290. The highest BCUT2D eigenvalue weighted by Gasteiger charge is 2.34. The van der Waals surface area contributed by atoms with Crippen molar-refractivity contribution >= 4 is 0 Å². The van der Waals surface area contributed by atoms with Crippen LogP contribution >= 0.6 is 0 Å². The zero-order valence-corrected chi connectivity index (χ0v) is 11.6. The highest BCUT2D eigenvalue weighted by atomic mass is 19.4. The van der Waals surface area contributed by atoms with Crippen LogP contribution in [-0.2, 0) is 0 Å². The van der Waals surface area contributed by atoms with E-state index >= 15 is 0 Å². The van der Waals surface area contributed by atoms with Crippen LogP contribution in [0.3, 0.4) is 0 Å². The summed E-state index contributed by atoms with van der Waals surface area (Å²) in [6.45, 7) is 8.37. The minimum atomic E-state index is -4.06. The van der Waals surface area contributed by atoms with Gasteiger partial charge in [0, 0.05) is 18.6 Å². The molecule has 0 bridgehead atoms. The molecule has 5 heteroatoms. The molecule has 1 heterocycles. The summed E-state index contributed by atoms with van der Waals surface area (Å²) in [5.74, 6) is 0.503. The third-order valence-electron chi connectivity index (χ3n) is 3.94. The average molecular weight is 266 g/mol. The molecular weight excluding hydrogens is 241 g/mol. The van der Waals surface area contributed by atoms with E-state index in [9.17, 15) is 13.2 Å². The fraction of sp³-hybridized carbons (Fsp3) is 1.00. The highest BCUT2D eigenvalue weighted by Crippen LogP contribution is 2.25. The first-order valence-electron chi connectivity index (χ1n) is 6.87. The Kier molecular flexibility index (Phi) is 5.92. The maximum Gasteiger partial charge on any atom is 0.390 e. The number of halogens is 3. The van der Waals surface area contributed by atoms with E-state index in [4.69, 9.17) is 0 Å². The zero-order valence-electron chi connectivity index (χ0n) is 11.6. The molecule has 0 radical (unpaired) electrons. The lowest BCUT2D eigenvalue weighted by molar-refractivity contribution is -0.146. The molecule has 0 aliphatic carbocycles. The summed E-state index contributed by atoms with van der Waals surface area (Å²) in [5, 5.41) is 3.46. The lowest BCUT2D eigenvalue weighted by atomic mass is 9.98. The van der Waals surface area contributed by atoms with E-state index in [1.54, 1.807) is 6.92 Å². The van der Waals surface area contributed by atoms with E-state index in [0.29, 0.717) is 12.0 Å². The molecule has 0 aromatic heterocycles. The number of hydrogen-bond donors (Lipinski definition) is 1. The normalized spacial score (nSPS) is 26.7. The maximum absolute atomic E-state index is 12.4. The summed E-state index contributed by atoms with van der Waals surface area (Å²) in [5.41, 5.74) is 0. The SMILES string of the molecule is CCC(C)C1CN(C(C)CC(F)(F)F)CCCN1. The Morgan fingerprint density at radius 2 is 2.00 bits per heavy atom. The van der Waals surface area contributed by atoms with Crippen molar-refractivity contribution in [1.82, 2.24) is 10.2 Å². The molecule has 1 saturated heterocycles. The average Bonchev–Trinajstić information content (AvgIpc) is 2.51. The van der Waals surface area contributed by atoms with Crippen LogP contribution in [-0.4, -0.2) is 42.8 Å². The van der Waals surface area contributed by atoms with Gasteiger partial charge in [-0.15, -0.1) is 0 Å². The molecule has 108 valence electrons. The fourth-order valence-electron chi connectivity index (χ4n) is 2.51. The first kappa shape index (κ1) is 15.8. The van der Waals surface area contributed by atoms with Crippen molar-refractivity contribution in [3.8, 4) is 0 Å². The molecular formula is C13H25F3N2. The second-order valence-corrected chi connectivity index (χ2v) is 5.46. The summed E-state index contributed by atoms with van der Waals surface area (Å²) in [6, 6.07) is -0.107. The highest BCUT2D eigenvalue weighted by molar-refractivity contribution is 4.83. The van der Waals surface area contributed by atoms with E-state index in [0.717, 1.165) is 32.5 Å². The molecule has 0 aromatic rings. The summed E-state index contributed by atoms with van der Waals surface area (Å²) >= 11 is 0. The molecule has 1 aliphatic rings. The summed E-state index contributed by atoms with van der Waals surface area (Å²) in [6.07, 6.45) is -2.79. The van der Waals surface area contributed by atoms with Crippen molar-refractivity contribution in [2.75, 3.05) is 19.6 Å². The van der Waals surface area contributed by atoms with Crippen molar-refractivity contribution < 1.29 is 13.2 Å². The second kappa shape index (κ2) is 6.75. The van der Waals surface area contributed by atoms with Gasteiger partial charge >= 0.3 is 6.18 Å². The second-order valence-electron chi connectivity index (χ2n) is 5.46. The van der Waals surface area contributed by atoms with Gasteiger partial charge in [-0.2, -0.15) is 13.2 Å². The van der Waals surface area contributed by atoms with Crippen molar-refractivity contribution in [2.45, 2.75) is 58.3 Å². The van der Waals surface area contributed by atoms with Crippen LogP contribution in [0.4, 0.5) is 13.2 Å². The van der Waals surface area contributed by atoms with Crippen LogP contribution in [0.1, 0.15) is 40.0 Å². The van der Waals surface area contributed by atoms with E-state index < -0.39 is 18.6 Å². The summed E-state index contributed by atoms with van der Waals surface area (Å²) in [7, 11) is 0. The molecule has 0 spiro atoms. The van der Waals surface area contributed by atoms with Crippen LogP contribution in [0, 0.1) is 5.92 Å². The summed E-state index contributed by atoms with van der Waals surface area (Å²) < 4.78 is 37.3. The Bertz CT molecular complexity index is 243. The predicted molar refractivity (Wildman–Crippen MR) is 67.6 cm³/mol. The van der Waals surface area contributed by atoms with Gasteiger partial charge in [0.2, 0.25) is 0 Å². The van der Waals surface area contributed by atoms with Gasteiger partial charge in [-0.1, -0.05) is 20.3 Å². The van der Waals surface area contributed by atoms with Gasteiger partial charge in [0.1, 0.15) is 0 Å². The zero-order chi connectivity index (χ0) is 13.8. The lowest BCUT2D eigenvalue weighted by Crippen LogP contribution is -2.45. The van der Waals surface area contributed by atoms with Gasteiger partial charge < -0.3 is 5.32 Å². The Labute approximate surface area is 108 Å². The minimum Gasteiger partial charge on any atom is -0.312 e. The van der Waals surface area contributed by atoms with Crippen LogP contribution in [0.2, 0.25) is 0 Å². The Morgan fingerprint density at radius 3 is 2.56 bits per heavy atom. The van der Waals surface area contributed by atoms with Crippen molar-refractivity contribution in [3.05, 3.63) is 0 Å². The van der Waals surface area contributed by atoms with E-state index in [1.807, 2.05) is 4.90 Å². The molecule has 18 heavy (non-hydrogen) atoms. The standard InChI is InChI=1S/C13H25F3N2/c1-4-10(2)12-9-18(7-5-6-17-12)11(3)8-13(14,15)16/h10-12,17H,4-9H2,1-3H3. The van der Waals surface area contributed by atoms with Crippen LogP contribution in [0.25, 0.3) is 0 Å². The van der Waals surface area contributed by atoms with Crippen molar-refractivity contribution in [1.29, 1.82) is 0 Å². The largest absolute Gasteiger partial charge is 0.390 e. The van der Waals surface area contributed by atoms with Gasteiger partial charge in [0.05, 0.1) is 6.42 Å². The summed E-state index contributed by atoms with van der Waals surface area (Å²) in [4.78, 5) is 1.99. The molecule has 1 fully saturated rings. The molecule has 0 amide bonds. The van der Waals surface area contributed by atoms with E-state index in [1.165, 1.54) is 0 Å². The van der Waals surface area contributed by atoms with Crippen LogP contribution in [0.5, 0.6) is 0 Å². The first-order chi connectivity index (χ1) is 8.33. The monoisotopic (exact) mass is 266 g/mol. The third-order valence-corrected chi connectivity index (χ3v) is 3.94. The molecule has 2 nitrogen and oxygen atoms in total. The third kappa shape index (κ3) is 5.14. The molecule has 3 atom stereocenters. The Balaban J connectivity index is 2.58. The van der Waals surface area contributed by atoms with Crippen molar-refractivity contribution in [2.24, 2.45) is 5.92 Å². The first-order valence-corrected chi connectivity index (χ1v) is 6.87. The number of hydrogen-bond acceptors (Lipinski definition) is 2. The maximum atomic E-state index is 12.4. The molecule has 3 unspecified atom stereocenters. The molecule has 1 aliphatic heterocycles. The molecule has 0 saturated carbocycles. The van der Waals surface area contributed by atoms with Gasteiger partial charge in [-0.05, 0) is 32.4 Å². The number of alkyl halides is 3. The Morgan fingerprint density at radius 1 is 1.33 bits per heavy atom. The smallest absolute Gasteiger partial charge is 0.312 e. The molecule has 1 rings (SSSR count). The minimum absolute atomic E-state index is 0.313. The lowest BCUT2D eigenvalue weighted by Gasteiger charge is -2.32. The number of nitrogens with zero attached hydrogens (tertiary/aromatic N) is 1.